The number of hydrogen-bond acceptors (Lipinski definition) is 3. The Morgan fingerprint density at radius 1 is 1.20 bits per heavy atom. The molecule has 2 aromatic rings. The van der Waals surface area contributed by atoms with E-state index in [-0.39, 0.29) is 6.04 Å². The molecule has 2 heterocycles. The Balaban J connectivity index is 2.36. The van der Waals surface area contributed by atoms with Crippen LogP contribution >= 0.6 is 22.7 Å². The molecule has 0 saturated heterocycles. The fourth-order valence-electron chi connectivity index (χ4n) is 1.63. The van der Waals surface area contributed by atoms with Gasteiger partial charge in [0.25, 0.3) is 0 Å². The van der Waals surface area contributed by atoms with E-state index in [9.17, 15) is 0 Å². The van der Waals surface area contributed by atoms with E-state index in [2.05, 4.69) is 38.3 Å². The van der Waals surface area contributed by atoms with Gasteiger partial charge in [-0.25, -0.2) is 0 Å². The van der Waals surface area contributed by atoms with E-state index in [0.29, 0.717) is 0 Å². The van der Waals surface area contributed by atoms with Crippen LogP contribution in [0.3, 0.4) is 0 Å². The number of hydrogen-bond donors (Lipinski definition) is 1. The molecule has 0 aliphatic rings. The highest BCUT2D eigenvalue weighted by molar-refractivity contribution is 7.12. The average Bonchev–Trinajstić information content (AvgIpc) is 2.74. The van der Waals surface area contributed by atoms with Crippen LogP contribution < -0.4 is 5.73 Å². The Morgan fingerprint density at radius 2 is 1.93 bits per heavy atom. The van der Waals surface area contributed by atoms with Gasteiger partial charge < -0.3 is 5.73 Å². The zero-order valence-electron chi connectivity index (χ0n) is 9.20. The van der Waals surface area contributed by atoms with Crippen molar-refractivity contribution in [2.24, 2.45) is 5.73 Å². The van der Waals surface area contributed by atoms with Gasteiger partial charge in [-0.2, -0.15) is 0 Å². The Hall–Kier alpha value is -0.640. The minimum Gasteiger partial charge on any atom is -0.320 e. The van der Waals surface area contributed by atoms with Crippen LogP contribution in [0.25, 0.3) is 0 Å². The highest BCUT2D eigenvalue weighted by atomic mass is 32.1. The maximum Gasteiger partial charge on any atom is 0.0656 e. The van der Waals surface area contributed by atoms with Gasteiger partial charge in [0.1, 0.15) is 0 Å². The first-order valence-electron chi connectivity index (χ1n) is 4.96. The van der Waals surface area contributed by atoms with Gasteiger partial charge in [-0.15, -0.1) is 22.7 Å². The molecule has 0 aromatic carbocycles. The lowest BCUT2D eigenvalue weighted by Crippen LogP contribution is -2.10. The number of nitrogens with two attached hydrogens (primary N) is 1. The molecule has 0 aliphatic carbocycles. The summed E-state index contributed by atoms with van der Waals surface area (Å²) in [4.78, 5) is 3.96. The summed E-state index contributed by atoms with van der Waals surface area (Å²) in [5.41, 5.74) is 8.87. The third kappa shape index (κ3) is 2.00. The minimum atomic E-state index is 0.0497. The van der Waals surface area contributed by atoms with Gasteiger partial charge in [0.05, 0.1) is 6.04 Å². The Kier molecular flexibility index (Phi) is 2.96. The summed E-state index contributed by atoms with van der Waals surface area (Å²) >= 11 is 3.57. The van der Waals surface area contributed by atoms with Crippen molar-refractivity contribution in [3.05, 3.63) is 43.3 Å². The monoisotopic (exact) mass is 237 g/mol. The second kappa shape index (κ2) is 4.08. The summed E-state index contributed by atoms with van der Waals surface area (Å²) in [5.74, 6) is 0. The lowest BCUT2D eigenvalue weighted by Gasteiger charge is -2.08. The maximum absolute atomic E-state index is 6.26. The minimum absolute atomic E-state index is 0.0497. The lowest BCUT2D eigenvalue weighted by molar-refractivity contribution is 0.890. The van der Waals surface area contributed by atoms with E-state index in [4.69, 9.17) is 5.73 Å². The molecule has 1 unspecified atom stereocenters. The fraction of sp³-hybridized carbons (Fsp3) is 0.333. The molecule has 15 heavy (non-hydrogen) atoms. The van der Waals surface area contributed by atoms with Crippen LogP contribution in [0, 0.1) is 20.8 Å². The molecule has 0 radical (unpaired) electrons. The summed E-state index contributed by atoms with van der Waals surface area (Å²) in [6.45, 7) is 6.42. The van der Waals surface area contributed by atoms with E-state index in [0.717, 1.165) is 0 Å². The molecule has 2 rings (SSSR count). The van der Waals surface area contributed by atoms with Crippen molar-refractivity contribution in [1.29, 1.82) is 0 Å². The number of thiophene rings is 2. The van der Waals surface area contributed by atoms with Crippen molar-refractivity contribution in [2.45, 2.75) is 26.8 Å². The largest absolute Gasteiger partial charge is 0.320 e. The Labute approximate surface area is 98.6 Å². The first kappa shape index (κ1) is 10.9. The Bertz CT molecular complexity index is 448. The fourth-order valence-corrected chi connectivity index (χ4v) is 3.44. The van der Waals surface area contributed by atoms with Gasteiger partial charge in [0, 0.05) is 14.6 Å². The van der Waals surface area contributed by atoms with E-state index < -0.39 is 0 Å². The van der Waals surface area contributed by atoms with Crippen LogP contribution in [0.5, 0.6) is 0 Å². The summed E-state index contributed by atoms with van der Waals surface area (Å²) < 4.78 is 0. The normalized spacial score (nSPS) is 13.1. The summed E-state index contributed by atoms with van der Waals surface area (Å²) in [6.07, 6.45) is 0. The number of aryl methyl sites for hydroxylation is 3. The third-order valence-corrected chi connectivity index (χ3v) is 4.82. The predicted octanol–water partition coefficient (Wildman–Crippen LogP) is 3.78. The standard InChI is InChI=1S/C12H15NS2/c1-7-6-11(15-8(7)2)12(13)10-4-5-14-9(10)3/h4-6,12H,13H2,1-3H3. The molecule has 80 valence electrons. The maximum atomic E-state index is 6.26. The molecule has 3 heteroatoms. The molecule has 1 nitrogen and oxygen atoms in total. The van der Waals surface area contributed by atoms with Crippen LogP contribution in [-0.4, -0.2) is 0 Å². The highest BCUT2D eigenvalue weighted by Crippen LogP contribution is 2.32. The van der Waals surface area contributed by atoms with Crippen molar-refractivity contribution in [2.75, 3.05) is 0 Å². The van der Waals surface area contributed by atoms with Gasteiger partial charge in [0.2, 0.25) is 0 Å². The molecule has 0 spiro atoms. The molecular weight excluding hydrogens is 222 g/mol. The van der Waals surface area contributed by atoms with Crippen LogP contribution in [-0.2, 0) is 0 Å². The molecule has 0 fully saturated rings. The van der Waals surface area contributed by atoms with Crippen LogP contribution in [0.4, 0.5) is 0 Å². The smallest absolute Gasteiger partial charge is 0.0656 e. The van der Waals surface area contributed by atoms with Crippen LogP contribution in [0.15, 0.2) is 17.5 Å². The highest BCUT2D eigenvalue weighted by Gasteiger charge is 2.14. The topological polar surface area (TPSA) is 26.0 Å². The molecule has 2 aromatic heterocycles. The predicted molar refractivity (Wildman–Crippen MR) is 68.9 cm³/mol. The van der Waals surface area contributed by atoms with Crippen molar-refractivity contribution in [1.82, 2.24) is 0 Å². The van der Waals surface area contributed by atoms with E-state index in [1.807, 2.05) is 11.3 Å². The van der Waals surface area contributed by atoms with E-state index in [1.165, 1.54) is 25.8 Å². The molecule has 2 N–H and O–H groups in total. The van der Waals surface area contributed by atoms with Gasteiger partial charge in [-0.05, 0) is 49.4 Å². The second-order valence-electron chi connectivity index (χ2n) is 3.80. The SMILES string of the molecule is Cc1cc(C(N)c2ccsc2C)sc1C. The average molecular weight is 237 g/mol. The van der Waals surface area contributed by atoms with Crippen molar-refractivity contribution in [3.63, 3.8) is 0 Å². The van der Waals surface area contributed by atoms with E-state index in [1.54, 1.807) is 11.3 Å². The second-order valence-corrected chi connectivity index (χ2v) is 6.21. The molecule has 0 saturated carbocycles. The molecule has 0 amide bonds. The molecule has 0 bridgehead atoms. The van der Waals surface area contributed by atoms with E-state index >= 15 is 0 Å². The molecular formula is C12H15NS2. The number of rotatable bonds is 2. The summed E-state index contributed by atoms with van der Waals surface area (Å²) in [5, 5.41) is 2.11. The molecule has 0 aliphatic heterocycles. The van der Waals surface area contributed by atoms with Gasteiger partial charge in [-0.3, -0.25) is 0 Å². The Morgan fingerprint density at radius 3 is 2.40 bits per heavy atom. The van der Waals surface area contributed by atoms with Gasteiger partial charge >= 0.3 is 0 Å². The van der Waals surface area contributed by atoms with Gasteiger partial charge in [0.15, 0.2) is 0 Å². The summed E-state index contributed by atoms with van der Waals surface area (Å²) in [7, 11) is 0. The zero-order chi connectivity index (χ0) is 11.0. The van der Waals surface area contributed by atoms with Gasteiger partial charge in [-0.1, -0.05) is 0 Å². The summed E-state index contributed by atoms with van der Waals surface area (Å²) in [6, 6.07) is 4.39. The van der Waals surface area contributed by atoms with Crippen LogP contribution in [0.1, 0.15) is 31.8 Å². The van der Waals surface area contributed by atoms with Crippen molar-refractivity contribution < 1.29 is 0 Å². The third-order valence-electron chi connectivity index (χ3n) is 2.73. The van der Waals surface area contributed by atoms with Crippen molar-refractivity contribution >= 4 is 22.7 Å². The lowest BCUT2D eigenvalue weighted by atomic mass is 10.1. The first-order valence-corrected chi connectivity index (χ1v) is 6.65. The molecule has 1 atom stereocenters. The first-order chi connectivity index (χ1) is 7.09. The van der Waals surface area contributed by atoms with Crippen molar-refractivity contribution in [3.8, 4) is 0 Å². The quantitative estimate of drug-likeness (QED) is 0.845. The van der Waals surface area contributed by atoms with Crippen LogP contribution in [0.2, 0.25) is 0 Å². The zero-order valence-corrected chi connectivity index (χ0v) is 10.8.